The molecule has 0 bridgehead atoms. The van der Waals surface area contributed by atoms with Gasteiger partial charge in [0.05, 0.1) is 11.6 Å². The molecule has 3 aromatic rings. The van der Waals surface area contributed by atoms with Crippen molar-refractivity contribution in [1.82, 2.24) is 4.98 Å². The monoisotopic (exact) mass is 428 g/mol. The third-order valence-electron chi connectivity index (χ3n) is 5.36. The van der Waals surface area contributed by atoms with Crippen LogP contribution in [0.2, 0.25) is 0 Å². The summed E-state index contributed by atoms with van der Waals surface area (Å²) in [7, 11) is 0. The molecule has 162 valence electrons. The molecule has 2 aromatic carbocycles. The van der Waals surface area contributed by atoms with E-state index in [4.69, 9.17) is 4.74 Å². The van der Waals surface area contributed by atoms with Gasteiger partial charge in [0.1, 0.15) is 12.4 Å². The zero-order chi connectivity index (χ0) is 22.7. The summed E-state index contributed by atoms with van der Waals surface area (Å²) in [5.41, 5.74) is 2.35. The van der Waals surface area contributed by atoms with E-state index in [0.29, 0.717) is 23.6 Å². The number of hydrogen-bond donors (Lipinski definition) is 1. The van der Waals surface area contributed by atoms with Gasteiger partial charge in [0, 0.05) is 24.0 Å². The van der Waals surface area contributed by atoms with Crippen molar-refractivity contribution in [2.24, 2.45) is 5.92 Å². The predicted molar refractivity (Wildman–Crippen MR) is 121 cm³/mol. The predicted octanol–water partition coefficient (Wildman–Crippen LogP) is 4.79. The van der Waals surface area contributed by atoms with Gasteiger partial charge in [0.25, 0.3) is 5.91 Å². The SMILES string of the molecule is CC(C)C(=O)C1=C(O)C(=O)N(c2ccc(OCc3ccccc3)cc2)C1c1cccnc1. The van der Waals surface area contributed by atoms with Crippen molar-refractivity contribution in [2.45, 2.75) is 26.5 Å². The van der Waals surface area contributed by atoms with Gasteiger partial charge < -0.3 is 9.84 Å². The standard InChI is InChI=1S/C26H24N2O4/c1-17(2)24(29)22-23(19-9-6-14-27-15-19)28(26(31)25(22)30)20-10-12-21(13-11-20)32-16-18-7-4-3-5-8-18/h3-15,17,23,30H,16H2,1-2H3. The first-order valence-corrected chi connectivity index (χ1v) is 10.4. The Morgan fingerprint density at radius 2 is 1.78 bits per heavy atom. The Kier molecular flexibility index (Phi) is 6.03. The van der Waals surface area contributed by atoms with Gasteiger partial charge in [-0.3, -0.25) is 19.5 Å². The number of carbonyl (C=O) groups excluding carboxylic acids is 2. The lowest BCUT2D eigenvalue weighted by Gasteiger charge is -2.27. The molecule has 0 spiro atoms. The highest BCUT2D eigenvalue weighted by Gasteiger charge is 2.44. The highest BCUT2D eigenvalue weighted by Crippen LogP contribution is 2.41. The van der Waals surface area contributed by atoms with Crippen LogP contribution in [0.1, 0.15) is 31.0 Å². The number of hydrogen-bond acceptors (Lipinski definition) is 5. The Balaban J connectivity index is 1.64. The van der Waals surface area contributed by atoms with Gasteiger partial charge in [-0.25, -0.2) is 0 Å². The van der Waals surface area contributed by atoms with Crippen LogP contribution in [0, 0.1) is 5.92 Å². The Labute approximate surface area is 186 Å². The van der Waals surface area contributed by atoms with Gasteiger partial charge in [0.15, 0.2) is 11.5 Å². The van der Waals surface area contributed by atoms with E-state index < -0.39 is 17.7 Å². The number of aliphatic hydroxyl groups is 1. The van der Waals surface area contributed by atoms with Gasteiger partial charge in [-0.2, -0.15) is 0 Å². The first kappa shape index (κ1) is 21.3. The summed E-state index contributed by atoms with van der Waals surface area (Å²) < 4.78 is 5.83. The molecule has 0 saturated carbocycles. The van der Waals surface area contributed by atoms with Crippen LogP contribution in [0.15, 0.2) is 90.5 Å². The normalized spacial score (nSPS) is 16.0. The number of ether oxygens (including phenoxy) is 1. The second kappa shape index (κ2) is 9.06. The van der Waals surface area contributed by atoms with Crippen molar-refractivity contribution in [3.63, 3.8) is 0 Å². The van der Waals surface area contributed by atoms with Crippen LogP contribution in [-0.2, 0) is 16.2 Å². The minimum Gasteiger partial charge on any atom is -0.503 e. The number of anilines is 1. The number of rotatable bonds is 7. The van der Waals surface area contributed by atoms with Gasteiger partial charge in [0.2, 0.25) is 0 Å². The van der Waals surface area contributed by atoms with Crippen LogP contribution < -0.4 is 9.64 Å². The van der Waals surface area contributed by atoms with E-state index in [0.717, 1.165) is 5.56 Å². The van der Waals surface area contributed by atoms with Crippen molar-refractivity contribution >= 4 is 17.4 Å². The van der Waals surface area contributed by atoms with E-state index in [1.807, 2.05) is 30.3 Å². The van der Waals surface area contributed by atoms with Crippen molar-refractivity contribution < 1.29 is 19.4 Å². The largest absolute Gasteiger partial charge is 0.503 e. The smallest absolute Gasteiger partial charge is 0.294 e. The molecule has 1 aliphatic rings. The van der Waals surface area contributed by atoms with Crippen molar-refractivity contribution in [1.29, 1.82) is 0 Å². The quantitative estimate of drug-likeness (QED) is 0.586. The van der Waals surface area contributed by atoms with E-state index in [1.165, 1.54) is 4.90 Å². The van der Waals surface area contributed by atoms with Crippen molar-refractivity contribution in [3.05, 3.63) is 102 Å². The fourth-order valence-corrected chi connectivity index (χ4v) is 3.73. The first-order valence-electron chi connectivity index (χ1n) is 10.4. The van der Waals surface area contributed by atoms with Crippen LogP contribution in [0.25, 0.3) is 0 Å². The Hall–Kier alpha value is -3.93. The summed E-state index contributed by atoms with van der Waals surface area (Å²) >= 11 is 0. The van der Waals surface area contributed by atoms with Gasteiger partial charge in [-0.05, 0) is 41.5 Å². The van der Waals surface area contributed by atoms with Crippen LogP contribution in [0.5, 0.6) is 5.75 Å². The summed E-state index contributed by atoms with van der Waals surface area (Å²) in [5.74, 6) is -1.11. The molecule has 0 saturated heterocycles. The molecule has 1 atom stereocenters. The summed E-state index contributed by atoms with van der Waals surface area (Å²) in [5, 5.41) is 10.6. The molecular formula is C26H24N2O4. The first-order chi connectivity index (χ1) is 15.5. The third kappa shape index (κ3) is 4.12. The zero-order valence-corrected chi connectivity index (χ0v) is 17.9. The van der Waals surface area contributed by atoms with Crippen LogP contribution in [-0.4, -0.2) is 21.8 Å². The van der Waals surface area contributed by atoms with E-state index in [2.05, 4.69) is 4.98 Å². The van der Waals surface area contributed by atoms with Gasteiger partial charge in [-0.15, -0.1) is 0 Å². The third-order valence-corrected chi connectivity index (χ3v) is 5.36. The molecule has 1 unspecified atom stereocenters. The lowest BCUT2D eigenvalue weighted by molar-refractivity contribution is -0.119. The molecule has 2 heterocycles. The fraction of sp³-hybridized carbons (Fsp3) is 0.192. The second-order valence-electron chi connectivity index (χ2n) is 7.91. The zero-order valence-electron chi connectivity index (χ0n) is 17.9. The van der Waals surface area contributed by atoms with Crippen LogP contribution in [0.3, 0.4) is 0 Å². The highest BCUT2D eigenvalue weighted by molar-refractivity contribution is 6.16. The number of aliphatic hydroxyl groups excluding tert-OH is 1. The van der Waals surface area contributed by atoms with Gasteiger partial charge in [-0.1, -0.05) is 50.2 Å². The maximum absolute atomic E-state index is 13.0. The molecule has 1 amide bonds. The number of aromatic nitrogens is 1. The molecule has 4 rings (SSSR count). The maximum Gasteiger partial charge on any atom is 0.294 e. The Morgan fingerprint density at radius 3 is 2.41 bits per heavy atom. The summed E-state index contributed by atoms with van der Waals surface area (Å²) in [6.07, 6.45) is 3.23. The molecule has 1 N–H and O–H groups in total. The minimum absolute atomic E-state index is 0.0994. The number of amides is 1. The van der Waals surface area contributed by atoms with E-state index in [9.17, 15) is 14.7 Å². The van der Waals surface area contributed by atoms with Gasteiger partial charge >= 0.3 is 0 Å². The number of nitrogens with zero attached hydrogens (tertiary/aromatic N) is 2. The minimum atomic E-state index is -0.748. The molecule has 0 radical (unpaired) electrons. The number of pyridine rings is 1. The van der Waals surface area contributed by atoms with Crippen molar-refractivity contribution in [2.75, 3.05) is 4.90 Å². The fourth-order valence-electron chi connectivity index (χ4n) is 3.73. The molecule has 1 aliphatic heterocycles. The Morgan fingerprint density at radius 1 is 1.06 bits per heavy atom. The van der Waals surface area contributed by atoms with E-state index in [-0.39, 0.29) is 17.3 Å². The molecular weight excluding hydrogens is 404 g/mol. The van der Waals surface area contributed by atoms with Crippen LogP contribution >= 0.6 is 0 Å². The lowest BCUT2D eigenvalue weighted by Crippen LogP contribution is -2.31. The molecule has 6 heteroatoms. The summed E-state index contributed by atoms with van der Waals surface area (Å²) in [4.78, 5) is 31.5. The average molecular weight is 428 g/mol. The van der Waals surface area contributed by atoms with E-state index >= 15 is 0 Å². The number of Topliss-reactive ketones (excluding diaryl/α,β-unsaturated/α-hetero) is 1. The summed E-state index contributed by atoms with van der Waals surface area (Å²) in [6.45, 7) is 3.92. The van der Waals surface area contributed by atoms with Crippen LogP contribution in [0.4, 0.5) is 5.69 Å². The molecule has 32 heavy (non-hydrogen) atoms. The topological polar surface area (TPSA) is 79.7 Å². The number of ketones is 1. The number of carbonyl (C=O) groups is 2. The molecule has 1 aromatic heterocycles. The lowest BCUT2D eigenvalue weighted by atomic mass is 9.92. The summed E-state index contributed by atoms with van der Waals surface area (Å²) in [6, 6.07) is 19.6. The average Bonchev–Trinajstić information content (AvgIpc) is 3.09. The maximum atomic E-state index is 13.0. The Bertz CT molecular complexity index is 1140. The second-order valence-corrected chi connectivity index (χ2v) is 7.91. The number of benzene rings is 2. The van der Waals surface area contributed by atoms with Crippen molar-refractivity contribution in [3.8, 4) is 5.75 Å². The molecule has 0 aliphatic carbocycles. The van der Waals surface area contributed by atoms with E-state index in [1.54, 1.807) is 62.6 Å². The molecule has 0 fully saturated rings. The molecule has 6 nitrogen and oxygen atoms in total. The highest BCUT2D eigenvalue weighted by atomic mass is 16.5.